The minimum atomic E-state index is -1.42. The number of hydrogen-bond donors (Lipinski definition) is 6. The summed E-state index contributed by atoms with van der Waals surface area (Å²) in [4.78, 5) is 0. The molecule has 0 aromatic rings. The van der Waals surface area contributed by atoms with Gasteiger partial charge in [-0.1, -0.05) is 39.3 Å². The lowest BCUT2D eigenvalue weighted by Crippen LogP contribution is -2.60. The van der Waals surface area contributed by atoms with Crippen molar-refractivity contribution in [2.45, 2.75) is 134 Å². The lowest BCUT2D eigenvalue weighted by atomic mass is 9.47. The Morgan fingerprint density at radius 3 is 2.51 bits per heavy atom. The van der Waals surface area contributed by atoms with Crippen LogP contribution >= 0.6 is 0 Å². The van der Waals surface area contributed by atoms with E-state index in [0.717, 1.165) is 44.6 Å². The van der Waals surface area contributed by atoms with Gasteiger partial charge >= 0.3 is 0 Å². The SMILES string of the molecule is C[C@H]1CC[C@H]([C@@H](C)[C@H]2[C@@H](O)C[C@H]3[C@@H]4CC=C5CC(O[C@@H]6O[C@H](CO)[C@H](O)[C@H](O)[C@H]6O)CC[C@]5(C)[C@H]4CC[C@]23C)NC1. The third-order valence-corrected chi connectivity index (χ3v) is 13.2. The molecule has 41 heavy (non-hydrogen) atoms. The Morgan fingerprint density at radius 1 is 1.02 bits per heavy atom. The second kappa shape index (κ2) is 11.4. The fraction of sp³-hybridized carbons (Fsp3) is 0.939. The third kappa shape index (κ3) is 5.06. The predicted octanol–water partition coefficient (Wildman–Crippen LogP) is 2.75. The van der Waals surface area contributed by atoms with Crippen LogP contribution in [0.2, 0.25) is 0 Å². The first-order valence-electron chi connectivity index (χ1n) is 16.5. The average molecular weight is 578 g/mol. The van der Waals surface area contributed by atoms with Gasteiger partial charge in [0.15, 0.2) is 6.29 Å². The highest BCUT2D eigenvalue weighted by Gasteiger charge is 2.62. The normalized spacial score (nSPS) is 54.5. The van der Waals surface area contributed by atoms with Crippen LogP contribution in [0.3, 0.4) is 0 Å². The molecule has 8 nitrogen and oxygen atoms in total. The Hall–Kier alpha value is -0.580. The number of allylic oxidation sites excluding steroid dienone is 1. The molecule has 6 rings (SSSR count). The van der Waals surface area contributed by atoms with Gasteiger partial charge < -0.3 is 40.3 Å². The molecular weight excluding hydrogens is 522 g/mol. The van der Waals surface area contributed by atoms with Crippen molar-refractivity contribution in [1.29, 1.82) is 0 Å². The highest BCUT2D eigenvalue weighted by atomic mass is 16.7. The molecule has 0 radical (unpaired) electrons. The van der Waals surface area contributed by atoms with Gasteiger partial charge in [-0.15, -0.1) is 0 Å². The molecule has 6 aliphatic rings. The van der Waals surface area contributed by atoms with Gasteiger partial charge in [-0.2, -0.15) is 0 Å². The van der Waals surface area contributed by atoms with Gasteiger partial charge in [-0.25, -0.2) is 0 Å². The number of aliphatic hydroxyl groups excluding tert-OH is 5. The predicted molar refractivity (Wildman–Crippen MR) is 155 cm³/mol. The third-order valence-electron chi connectivity index (χ3n) is 13.2. The van der Waals surface area contributed by atoms with Crippen molar-refractivity contribution in [2.24, 2.45) is 46.3 Å². The number of fused-ring (bicyclic) bond motifs is 5. The van der Waals surface area contributed by atoms with Crippen LogP contribution in [0.15, 0.2) is 11.6 Å². The quantitative estimate of drug-likeness (QED) is 0.275. The molecule has 4 aliphatic carbocycles. The fourth-order valence-corrected chi connectivity index (χ4v) is 10.8. The molecule has 8 heteroatoms. The van der Waals surface area contributed by atoms with Gasteiger partial charge in [0.1, 0.15) is 24.4 Å². The summed E-state index contributed by atoms with van der Waals surface area (Å²) < 4.78 is 11.8. The fourth-order valence-electron chi connectivity index (χ4n) is 10.8. The summed E-state index contributed by atoms with van der Waals surface area (Å²) in [5.74, 6) is 3.31. The first-order chi connectivity index (χ1) is 19.5. The molecule has 5 fully saturated rings. The number of ether oxygens (including phenoxy) is 2. The van der Waals surface area contributed by atoms with Crippen molar-refractivity contribution >= 4 is 0 Å². The summed E-state index contributed by atoms with van der Waals surface area (Å²) in [5.41, 5.74) is 1.72. The Labute approximate surface area is 245 Å². The van der Waals surface area contributed by atoms with Gasteiger partial charge in [-0.3, -0.25) is 0 Å². The van der Waals surface area contributed by atoms with Crippen LogP contribution in [0, 0.1) is 46.3 Å². The zero-order valence-corrected chi connectivity index (χ0v) is 25.5. The van der Waals surface area contributed by atoms with Gasteiger partial charge in [-0.05, 0) is 111 Å². The molecule has 16 atom stereocenters. The summed E-state index contributed by atoms with van der Waals surface area (Å²) in [7, 11) is 0. The van der Waals surface area contributed by atoms with E-state index in [4.69, 9.17) is 9.47 Å². The average Bonchev–Trinajstić information content (AvgIpc) is 3.23. The van der Waals surface area contributed by atoms with E-state index < -0.39 is 37.3 Å². The Morgan fingerprint density at radius 2 is 1.80 bits per heavy atom. The first-order valence-corrected chi connectivity index (χ1v) is 16.5. The number of rotatable bonds is 5. The van der Waals surface area contributed by atoms with Gasteiger partial charge in [0.25, 0.3) is 0 Å². The zero-order chi connectivity index (χ0) is 29.3. The summed E-state index contributed by atoms with van der Waals surface area (Å²) in [6.45, 7) is 10.3. The van der Waals surface area contributed by atoms with Crippen LogP contribution < -0.4 is 5.32 Å². The molecule has 2 aliphatic heterocycles. The van der Waals surface area contributed by atoms with E-state index in [1.807, 2.05) is 0 Å². The Bertz CT molecular complexity index is 967. The minimum absolute atomic E-state index is 0.106. The van der Waals surface area contributed by atoms with Crippen molar-refractivity contribution in [3.05, 3.63) is 11.6 Å². The molecule has 0 amide bonds. The maximum absolute atomic E-state index is 11.6. The van der Waals surface area contributed by atoms with Crippen LogP contribution in [0.4, 0.5) is 0 Å². The molecule has 0 aromatic heterocycles. The number of piperidine rings is 1. The maximum Gasteiger partial charge on any atom is 0.186 e. The highest BCUT2D eigenvalue weighted by molar-refractivity contribution is 5.26. The van der Waals surface area contributed by atoms with E-state index in [0.29, 0.717) is 35.6 Å². The topological polar surface area (TPSA) is 132 Å². The van der Waals surface area contributed by atoms with Crippen LogP contribution in [0.25, 0.3) is 0 Å². The minimum Gasteiger partial charge on any atom is -0.394 e. The van der Waals surface area contributed by atoms with Crippen molar-refractivity contribution in [3.8, 4) is 0 Å². The highest BCUT2D eigenvalue weighted by Crippen LogP contribution is 2.67. The number of aliphatic hydroxyl groups is 5. The van der Waals surface area contributed by atoms with E-state index >= 15 is 0 Å². The molecule has 0 spiro atoms. The molecule has 0 bridgehead atoms. The Kier molecular flexibility index (Phi) is 8.47. The van der Waals surface area contributed by atoms with Crippen LogP contribution in [0.5, 0.6) is 0 Å². The molecule has 2 saturated heterocycles. The standard InChI is InChI=1S/C33H55NO7/c1-17-5-8-24(34-15-17)18(2)27-25(36)14-23-21-7-6-19-13-20(9-11-32(19,3)22(21)10-12-33(23,27)4)40-31-30(39)29(38)28(37)26(16-35)41-31/h6,17-18,20-31,34-39H,5,7-16H2,1-4H3/t17-,18+,20?,21+,22-,23-,24+,25-,26+,27-,28-,29-,30+,31+,32-,33-/m0/s1. The number of hydrogen-bond acceptors (Lipinski definition) is 8. The molecule has 0 aromatic carbocycles. The number of nitrogens with one attached hydrogen (secondary N) is 1. The van der Waals surface area contributed by atoms with Crippen LogP contribution in [0.1, 0.15) is 85.5 Å². The van der Waals surface area contributed by atoms with Crippen molar-refractivity contribution in [3.63, 3.8) is 0 Å². The molecule has 2 heterocycles. The second-order valence-electron chi connectivity index (χ2n) is 15.4. The lowest BCUT2D eigenvalue weighted by molar-refractivity contribution is -0.313. The van der Waals surface area contributed by atoms with E-state index in [1.165, 1.54) is 31.3 Å². The van der Waals surface area contributed by atoms with Crippen molar-refractivity contribution < 1.29 is 35.0 Å². The van der Waals surface area contributed by atoms with E-state index in [2.05, 4.69) is 39.1 Å². The summed E-state index contributed by atoms with van der Waals surface area (Å²) in [5, 5.41) is 55.8. The molecule has 1 unspecified atom stereocenters. The smallest absolute Gasteiger partial charge is 0.186 e. The van der Waals surface area contributed by atoms with Gasteiger partial charge in [0.2, 0.25) is 0 Å². The first kappa shape index (κ1) is 30.4. The van der Waals surface area contributed by atoms with E-state index in [1.54, 1.807) is 0 Å². The van der Waals surface area contributed by atoms with Crippen LogP contribution in [-0.2, 0) is 9.47 Å². The second-order valence-corrected chi connectivity index (χ2v) is 15.4. The molecule has 234 valence electrons. The summed E-state index contributed by atoms with van der Waals surface area (Å²) >= 11 is 0. The Balaban J connectivity index is 1.15. The molecular formula is C33H55NO7. The zero-order valence-electron chi connectivity index (χ0n) is 25.5. The lowest BCUT2D eigenvalue weighted by Gasteiger charge is -2.58. The maximum atomic E-state index is 11.6. The van der Waals surface area contributed by atoms with E-state index in [-0.39, 0.29) is 23.0 Å². The largest absolute Gasteiger partial charge is 0.394 e. The monoisotopic (exact) mass is 577 g/mol. The van der Waals surface area contributed by atoms with Crippen molar-refractivity contribution in [1.82, 2.24) is 5.32 Å². The summed E-state index contributed by atoms with van der Waals surface area (Å²) in [6, 6.07) is 0.508. The van der Waals surface area contributed by atoms with Crippen molar-refractivity contribution in [2.75, 3.05) is 13.2 Å². The summed E-state index contributed by atoms with van der Waals surface area (Å²) in [6.07, 6.45) is 5.37. The molecule has 6 N–H and O–H groups in total. The van der Waals surface area contributed by atoms with Crippen LogP contribution in [-0.4, -0.2) is 87.6 Å². The van der Waals surface area contributed by atoms with E-state index in [9.17, 15) is 25.5 Å². The molecule has 3 saturated carbocycles. The van der Waals surface area contributed by atoms with Gasteiger partial charge in [0, 0.05) is 6.04 Å². The van der Waals surface area contributed by atoms with Gasteiger partial charge in [0.05, 0.1) is 18.8 Å².